The molecule has 2 amide bonds. The predicted molar refractivity (Wildman–Crippen MR) is 79.1 cm³/mol. The number of aliphatic hydroxyl groups is 1. The molecule has 1 N–H and O–H groups in total. The molecule has 0 spiro atoms. The smallest absolute Gasteiger partial charge is 0.256 e. The molecule has 0 aromatic heterocycles. The molecule has 0 radical (unpaired) electrons. The van der Waals surface area contributed by atoms with Gasteiger partial charge in [0.2, 0.25) is 5.91 Å². The number of rotatable bonds is 3. The van der Waals surface area contributed by atoms with Crippen molar-refractivity contribution in [2.45, 2.75) is 25.4 Å². The topological polar surface area (TPSA) is 60.9 Å². The van der Waals surface area contributed by atoms with Crippen LogP contribution in [-0.2, 0) is 4.79 Å². The molecule has 112 valence electrons. The van der Waals surface area contributed by atoms with Crippen LogP contribution >= 0.6 is 0 Å². The second-order valence-electron chi connectivity index (χ2n) is 5.88. The van der Waals surface area contributed by atoms with Crippen LogP contribution in [0.25, 0.3) is 0 Å². The number of aliphatic hydroxyl groups excluding tert-OH is 1. The second kappa shape index (κ2) is 5.48. The Morgan fingerprint density at radius 1 is 1.24 bits per heavy atom. The van der Waals surface area contributed by atoms with E-state index in [1.165, 1.54) is 0 Å². The van der Waals surface area contributed by atoms with Crippen molar-refractivity contribution in [2.24, 2.45) is 5.92 Å². The molecule has 1 saturated heterocycles. The largest absolute Gasteiger partial charge is 0.391 e. The number of carbonyl (C=O) groups is 2. The van der Waals surface area contributed by atoms with Crippen LogP contribution in [0.3, 0.4) is 0 Å². The lowest BCUT2D eigenvalue weighted by Gasteiger charge is -2.23. The van der Waals surface area contributed by atoms with Crippen molar-refractivity contribution in [3.63, 3.8) is 0 Å². The van der Waals surface area contributed by atoms with Crippen LogP contribution < -0.4 is 4.90 Å². The van der Waals surface area contributed by atoms with Crippen LogP contribution in [0.1, 0.15) is 29.6 Å². The lowest BCUT2D eigenvalue weighted by atomic mass is 10.1. The van der Waals surface area contributed by atoms with E-state index < -0.39 is 6.10 Å². The molecule has 5 heteroatoms. The number of anilines is 1. The second-order valence-corrected chi connectivity index (χ2v) is 5.88. The number of benzene rings is 1. The van der Waals surface area contributed by atoms with E-state index in [1.807, 2.05) is 6.07 Å². The number of carbonyl (C=O) groups excluding carboxylic acids is 2. The summed E-state index contributed by atoms with van der Waals surface area (Å²) in [5.41, 5.74) is 1.18. The fourth-order valence-corrected chi connectivity index (χ4v) is 2.77. The Morgan fingerprint density at radius 3 is 2.57 bits per heavy atom. The predicted octanol–water partition coefficient (Wildman–Crippen LogP) is 1.27. The number of para-hydroxylation sites is 1. The minimum absolute atomic E-state index is 0.0803. The number of hydrogen-bond donors (Lipinski definition) is 1. The van der Waals surface area contributed by atoms with Gasteiger partial charge in [-0.15, -0.1) is 0 Å². The van der Waals surface area contributed by atoms with E-state index in [0.717, 1.165) is 12.8 Å². The zero-order valence-corrected chi connectivity index (χ0v) is 12.2. The minimum atomic E-state index is -0.438. The third-order valence-electron chi connectivity index (χ3n) is 4.20. The van der Waals surface area contributed by atoms with Crippen LogP contribution in [-0.4, -0.2) is 48.1 Å². The Labute approximate surface area is 124 Å². The van der Waals surface area contributed by atoms with Gasteiger partial charge >= 0.3 is 0 Å². The highest BCUT2D eigenvalue weighted by molar-refractivity contribution is 6.05. The Kier molecular flexibility index (Phi) is 3.68. The summed E-state index contributed by atoms with van der Waals surface area (Å²) >= 11 is 0. The van der Waals surface area contributed by atoms with Gasteiger partial charge in [-0.05, 0) is 31.4 Å². The third kappa shape index (κ3) is 2.78. The van der Waals surface area contributed by atoms with Gasteiger partial charge in [0.25, 0.3) is 5.91 Å². The minimum Gasteiger partial charge on any atom is -0.391 e. The maximum Gasteiger partial charge on any atom is 0.256 e. The first kappa shape index (κ1) is 14.1. The summed E-state index contributed by atoms with van der Waals surface area (Å²) in [5, 5.41) is 9.58. The standard InChI is InChI=1S/C16H20N2O3/c1-17(15(20)11-6-7-11)14-5-3-2-4-13(14)16(21)18-9-8-12(19)10-18/h2-5,11-12,19H,6-10H2,1H3/t12-/m1/s1. The summed E-state index contributed by atoms with van der Waals surface area (Å²) in [7, 11) is 1.73. The molecule has 1 atom stereocenters. The highest BCUT2D eigenvalue weighted by atomic mass is 16.3. The molecule has 0 bridgehead atoms. The highest BCUT2D eigenvalue weighted by Gasteiger charge is 2.34. The van der Waals surface area contributed by atoms with Crippen molar-refractivity contribution in [1.82, 2.24) is 4.90 Å². The zero-order valence-electron chi connectivity index (χ0n) is 12.2. The van der Waals surface area contributed by atoms with Gasteiger partial charge in [-0.2, -0.15) is 0 Å². The summed E-state index contributed by atoms with van der Waals surface area (Å²) in [6.07, 6.45) is 2.06. The summed E-state index contributed by atoms with van der Waals surface area (Å²) < 4.78 is 0. The van der Waals surface area contributed by atoms with Gasteiger partial charge in [0, 0.05) is 26.1 Å². The van der Waals surface area contributed by atoms with Gasteiger partial charge < -0.3 is 14.9 Å². The molecule has 1 saturated carbocycles. The molecule has 1 aromatic carbocycles. The molecule has 2 aliphatic rings. The molecule has 1 aromatic rings. The lowest BCUT2D eigenvalue weighted by Crippen LogP contribution is -2.33. The number of amides is 2. The van der Waals surface area contributed by atoms with Crippen molar-refractivity contribution in [3.8, 4) is 0 Å². The van der Waals surface area contributed by atoms with Gasteiger partial charge in [0.1, 0.15) is 0 Å². The molecule has 1 aliphatic heterocycles. The van der Waals surface area contributed by atoms with E-state index in [-0.39, 0.29) is 17.7 Å². The summed E-state index contributed by atoms with van der Waals surface area (Å²) in [5.74, 6) is 0.0843. The summed E-state index contributed by atoms with van der Waals surface area (Å²) in [4.78, 5) is 28.1. The van der Waals surface area contributed by atoms with Crippen LogP contribution in [0.15, 0.2) is 24.3 Å². The van der Waals surface area contributed by atoms with Crippen molar-refractivity contribution in [2.75, 3.05) is 25.0 Å². The molecule has 2 fully saturated rings. The molecule has 5 nitrogen and oxygen atoms in total. The quantitative estimate of drug-likeness (QED) is 0.911. The average molecular weight is 288 g/mol. The SMILES string of the molecule is CN(C(=O)C1CC1)c1ccccc1C(=O)N1CC[C@@H](O)C1. The summed E-state index contributed by atoms with van der Waals surface area (Å²) in [6.45, 7) is 0.933. The fourth-order valence-electron chi connectivity index (χ4n) is 2.77. The Hall–Kier alpha value is -1.88. The molecule has 1 aliphatic carbocycles. The van der Waals surface area contributed by atoms with Gasteiger partial charge in [-0.1, -0.05) is 12.1 Å². The highest BCUT2D eigenvalue weighted by Crippen LogP contribution is 2.33. The van der Waals surface area contributed by atoms with Crippen molar-refractivity contribution in [1.29, 1.82) is 0 Å². The van der Waals surface area contributed by atoms with E-state index >= 15 is 0 Å². The molecule has 0 unspecified atom stereocenters. The monoisotopic (exact) mass is 288 g/mol. The zero-order chi connectivity index (χ0) is 15.0. The van der Waals surface area contributed by atoms with Crippen LogP contribution in [0, 0.1) is 5.92 Å². The van der Waals surface area contributed by atoms with Crippen LogP contribution in [0.2, 0.25) is 0 Å². The Balaban J connectivity index is 1.85. The third-order valence-corrected chi connectivity index (χ3v) is 4.20. The number of nitrogens with zero attached hydrogens (tertiary/aromatic N) is 2. The van der Waals surface area contributed by atoms with E-state index in [1.54, 1.807) is 35.0 Å². The number of hydrogen-bond acceptors (Lipinski definition) is 3. The maximum absolute atomic E-state index is 12.6. The Morgan fingerprint density at radius 2 is 1.95 bits per heavy atom. The van der Waals surface area contributed by atoms with Crippen LogP contribution in [0.5, 0.6) is 0 Å². The molecule has 21 heavy (non-hydrogen) atoms. The van der Waals surface area contributed by atoms with E-state index in [4.69, 9.17) is 0 Å². The average Bonchev–Trinajstić information content (AvgIpc) is 3.26. The van der Waals surface area contributed by atoms with Crippen LogP contribution in [0.4, 0.5) is 5.69 Å². The number of β-amino-alcohol motifs (C(OH)–C–C–N with tert-alkyl or cyclic N) is 1. The Bertz CT molecular complexity index is 568. The molecular formula is C16H20N2O3. The molecule has 1 heterocycles. The van der Waals surface area contributed by atoms with Crippen molar-refractivity contribution in [3.05, 3.63) is 29.8 Å². The first-order valence-corrected chi connectivity index (χ1v) is 7.42. The maximum atomic E-state index is 12.6. The summed E-state index contributed by atoms with van der Waals surface area (Å²) in [6, 6.07) is 7.19. The van der Waals surface area contributed by atoms with Gasteiger partial charge in [0.15, 0.2) is 0 Å². The first-order valence-electron chi connectivity index (χ1n) is 7.42. The van der Waals surface area contributed by atoms with Crippen molar-refractivity contribution >= 4 is 17.5 Å². The molecule has 3 rings (SSSR count). The lowest BCUT2D eigenvalue weighted by molar-refractivity contribution is -0.119. The van der Waals surface area contributed by atoms with Crippen molar-refractivity contribution < 1.29 is 14.7 Å². The van der Waals surface area contributed by atoms with E-state index in [9.17, 15) is 14.7 Å². The normalized spacial score (nSPS) is 21.4. The van der Waals surface area contributed by atoms with E-state index in [0.29, 0.717) is 30.8 Å². The fraction of sp³-hybridized carbons (Fsp3) is 0.500. The first-order chi connectivity index (χ1) is 10.1. The van der Waals surface area contributed by atoms with Gasteiger partial charge in [-0.3, -0.25) is 9.59 Å². The number of likely N-dealkylation sites (tertiary alicyclic amines) is 1. The van der Waals surface area contributed by atoms with E-state index in [2.05, 4.69) is 0 Å². The molecular weight excluding hydrogens is 268 g/mol. The van der Waals surface area contributed by atoms with Gasteiger partial charge in [-0.25, -0.2) is 0 Å². The van der Waals surface area contributed by atoms with Gasteiger partial charge in [0.05, 0.1) is 17.4 Å².